The summed E-state index contributed by atoms with van der Waals surface area (Å²) in [6, 6.07) is 0. The maximum absolute atomic E-state index is 12.2. The molecule has 0 spiro atoms. The second-order valence-electron chi connectivity index (χ2n) is 3.93. The van der Waals surface area contributed by atoms with Crippen molar-refractivity contribution < 1.29 is 0 Å². The minimum absolute atomic E-state index is 0.0174. The summed E-state index contributed by atoms with van der Waals surface area (Å²) in [6.07, 6.45) is 5.43. The molecule has 0 unspecified atom stereocenters. The number of rotatable bonds is 7. The Morgan fingerprint density at radius 2 is 2.12 bits per heavy atom. The lowest BCUT2D eigenvalue weighted by molar-refractivity contribution is 0.640. The number of alkyl halides is 1. The normalized spacial score (nSPS) is 10.5. The number of hydrogen-bond donors (Lipinski definition) is 0. The van der Waals surface area contributed by atoms with Crippen LogP contribution in [0.3, 0.4) is 0 Å². The summed E-state index contributed by atoms with van der Waals surface area (Å²) in [4.78, 5) is 18.5. The quantitative estimate of drug-likeness (QED) is 0.725. The van der Waals surface area contributed by atoms with Crippen LogP contribution in [0.25, 0.3) is 0 Å². The van der Waals surface area contributed by atoms with Crippen LogP contribution >= 0.6 is 15.9 Å². The van der Waals surface area contributed by atoms with Gasteiger partial charge in [0.15, 0.2) is 5.82 Å². The molecular formula is C12H20BrN3O. The highest BCUT2D eigenvalue weighted by Gasteiger charge is 2.11. The lowest BCUT2D eigenvalue weighted by Crippen LogP contribution is -2.35. The van der Waals surface area contributed by atoms with Crippen LogP contribution in [0.5, 0.6) is 0 Å². The van der Waals surface area contributed by atoms with Crippen molar-refractivity contribution in [2.24, 2.45) is 0 Å². The third kappa shape index (κ3) is 3.84. The fraction of sp³-hybridized carbons (Fsp3) is 0.667. The van der Waals surface area contributed by atoms with Crippen LogP contribution in [0.4, 0.5) is 5.82 Å². The number of aryl methyl sites for hydroxylation is 1. The van der Waals surface area contributed by atoms with E-state index < -0.39 is 0 Å². The van der Waals surface area contributed by atoms with Crippen LogP contribution in [-0.2, 0) is 6.54 Å². The molecule has 0 aliphatic rings. The highest BCUT2D eigenvalue weighted by molar-refractivity contribution is 9.09. The Morgan fingerprint density at radius 1 is 1.35 bits per heavy atom. The van der Waals surface area contributed by atoms with Crippen molar-refractivity contribution in [3.05, 3.63) is 22.7 Å². The molecule has 0 bridgehead atoms. The van der Waals surface area contributed by atoms with E-state index in [-0.39, 0.29) is 5.56 Å². The zero-order valence-electron chi connectivity index (χ0n) is 10.5. The first-order valence-electron chi connectivity index (χ1n) is 6.10. The van der Waals surface area contributed by atoms with E-state index in [4.69, 9.17) is 0 Å². The summed E-state index contributed by atoms with van der Waals surface area (Å²) in [5, 5.41) is 0.844. The van der Waals surface area contributed by atoms with Gasteiger partial charge in [-0.05, 0) is 12.8 Å². The van der Waals surface area contributed by atoms with E-state index >= 15 is 0 Å². The van der Waals surface area contributed by atoms with Crippen LogP contribution in [0, 0.1) is 0 Å². The van der Waals surface area contributed by atoms with Crippen LogP contribution in [-0.4, -0.2) is 28.0 Å². The molecule has 0 aliphatic carbocycles. The van der Waals surface area contributed by atoms with Crippen molar-refractivity contribution in [3.8, 4) is 0 Å². The van der Waals surface area contributed by atoms with Crippen molar-refractivity contribution in [3.63, 3.8) is 0 Å². The third-order valence-corrected chi connectivity index (χ3v) is 2.86. The molecule has 4 nitrogen and oxygen atoms in total. The monoisotopic (exact) mass is 301 g/mol. The van der Waals surface area contributed by atoms with Gasteiger partial charge in [-0.25, -0.2) is 4.98 Å². The van der Waals surface area contributed by atoms with E-state index in [1.807, 2.05) is 4.90 Å². The highest BCUT2D eigenvalue weighted by atomic mass is 79.9. The lowest BCUT2D eigenvalue weighted by atomic mass is 10.4. The maximum atomic E-state index is 12.2. The molecular weight excluding hydrogens is 282 g/mol. The van der Waals surface area contributed by atoms with Crippen molar-refractivity contribution in [1.82, 2.24) is 9.55 Å². The van der Waals surface area contributed by atoms with Gasteiger partial charge in [-0.1, -0.05) is 29.8 Å². The Morgan fingerprint density at radius 3 is 2.71 bits per heavy atom. The summed E-state index contributed by atoms with van der Waals surface area (Å²) in [7, 11) is 0. The zero-order valence-corrected chi connectivity index (χ0v) is 12.1. The molecule has 0 N–H and O–H groups in total. The first kappa shape index (κ1) is 14.2. The number of nitrogens with zero attached hydrogens (tertiary/aromatic N) is 3. The van der Waals surface area contributed by atoms with Gasteiger partial charge in [-0.2, -0.15) is 0 Å². The molecule has 1 rings (SSSR count). The van der Waals surface area contributed by atoms with Gasteiger partial charge in [-0.15, -0.1) is 0 Å². The number of hydrogen-bond acceptors (Lipinski definition) is 3. The third-order valence-electron chi connectivity index (χ3n) is 2.51. The van der Waals surface area contributed by atoms with Gasteiger partial charge in [0, 0.05) is 37.4 Å². The van der Waals surface area contributed by atoms with Crippen molar-refractivity contribution in [1.29, 1.82) is 0 Å². The number of aromatic nitrogens is 2. The van der Waals surface area contributed by atoms with E-state index in [1.165, 1.54) is 0 Å². The van der Waals surface area contributed by atoms with Gasteiger partial charge >= 0.3 is 0 Å². The molecule has 96 valence electrons. The van der Waals surface area contributed by atoms with Gasteiger partial charge in [0.1, 0.15) is 0 Å². The smallest absolute Gasteiger partial charge is 0.293 e. The standard InChI is InChI=1S/C12H20BrN3O/c1-3-7-15(9-5-13)11-12(17)16(8-4-2)10-6-14-11/h6,10H,3-5,7-9H2,1-2H3. The van der Waals surface area contributed by atoms with Crippen molar-refractivity contribution >= 4 is 21.7 Å². The van der Waals surface area contributed by atoms with E-state index in [0.29, 0.717) is 5.82 Å². The SMILES string of the molecule is CCCN(CCBr)c1nccn(CCC)c1=O. The Labute approximate surface area is 111 Å². The molecule has 0 fully saturated rings. The summed E-state index contributed by atoms with van der Waals surface area (Å²) in [5.74, 6) is 0.572. The van der Waals surface area contributed by atoms with Crippen LogP contribution in [0.1, 0.15) is 26.7 Å². The summed E-state index contributed by atoms with van der Waals surface area (Å²) in [6.45, 7) is 6.60. The lowest BCUT2D eigenvalue weighted by Gasteiger charge is -2.21. The minimum Gasteiger partial charge on any atom is -0.351 e. The number of halogens is 1. The molecule has 0 atom stereocenters. The molecule has 0 saturated heterocycles. The van der Waals surface area contributed by atoms with Gasteiger partial charge in [0.25, 0.3) is 5.56 Å². The van der Waals surface area contributed by atoms with Gasteiger partial charge in [0.2, 0.25) is 0 Å². The first-order chi connectivity index (χ1) is 8.24. The van der Waals surface area contributed by atoms with Crippen LogP contribution < -0.4 is 10.5 Å². The highest BCUT2D eigenvalue weighted by Crippen LogP contribution is 2.05. The molecule has 0 amide bonds. The molecule has 0 saturated carbocycles. The Hall–Kier alpha value is -0.840. The molecule has 0 aliphatic heterocycles. The second kappa shape index (κ2) is 7.48. The predicted octanol–water partition coefficient (Wildman–Crippen LogP) is 2.26. The molecule has 1 aromatic rings. The second-order valence-corrected chi connectivity index (χ2v) is 4.72. The molecule has 1 aromatic heterocycles. The summed E-state index contributed by atoms with van der Waals surface area (Å²) < 4.78 is 1.74. The fourth-order valence-electron chi connectivity index (χ4n) is 1.77. The van der Waals surface area contributed by atoms with Gasteiger partial charge in [-0.3, -0.25) is 4.79 Å². The molecule has 0 radical (unpaired) electrons. The van der Waals surface area contributed by atoms with Gasteiger partial charge in [0.05, 0.1) is 0 Å². The average Bonchev–Trinajstić information content (AvgIpc) is 2.32. The summed E-state index contributed by atoms with van der Waals surface area (Å²) in [5.41, 5.74) is 0.0174. The van der Waals surface area contributed by atoms with E-state index in [0.717, 1.165) is 37.8 Å². The van der Waals surface area contributed by atoms with Crippen molar-refractivity contribution in [2.75, 3.05) is 23.3 Å². The Balaban J connectivity index is 3.01. The Bertz CT molecular complexity index is 386. The molecule has 17 heavy (non-hydrogen) atoms. The van der Waals surface area contributed by atoms with Crippen molar-refractivity contribution in [2.45, 2.75) is 33.2 Å². The van der Waals surface area contributed by atoms with E-state index in [2.05, 4.69) is 34.8 Å². The first-order valence-corrected chi connectivity index (χ1v) is 7.23. The molecule has 0 aromatic carbocycles. The topological polar surface area (TPSA) is 38.1 Å². The van der Waals surface area contributed by atoms with E-state index in [9.17, 15) is 4.79 Å². The minimum atomic E-state index is 0.0174. The van der Waals surface area contributed by atoms with Crippen LogP contribution in [0.15, 0.2) is 17.2 Å². The largest absolute Gasteiger partial charge is 0.351 e. The number of anilines is 1. The Kier molecular flexibility index (Phi) is 6.26. The maximum Gasteiger partial charge on any atom is 0.293 e. The summed E-state index contributed by atoms with van der Waals surface area (Å²) >= 11 is 3.41. The zero-order chi connectivity index (χ0) is 12.7. The molecule has 5 heteroatoms. The van der Waals surface area contributed by atoms with E-state index in [1.54, 1.807) is 17.0 Å². The van der Waals surface area contributed by atoms with Crippen LogP contribution in [0.2, 0.25) is 0 Å². The average molecular weight is 302 g/mol. The molecule has 1 heterocycles. The fourth-order valence-corrected chi connectivity index (χ4v) is 2.19. The predicted molar refractivity (Wildman–Crippen MR) is 75.1 cm³/mol. The van der Waals surface area contributed by atoms with Gasteiger partial charge < -0.3 is 9.47 Å².